The average Bonchev–Trinajstić information content (AvgIpc) is 2.64. The molecule has 1 fully saturated rings. The minimum absolute atomic E-state index is 0.174. The molecule has 10 heteroatoms. The van der Waals surface area contributed by atoms with E-state index in [4.69, 9.17) is 0 Å². The van der Waals surface area contributed by atoms with E-state index in [9.17, 15) is 13.2 Å². The van der Waals surface area contributed by atoms with Crippen LogP contribution in [0.4, 0.5) is 19.1 Å². The molecule has 1 saturated heterocycles. The molecule has 0 aliphatic carbocycles. The van der Waals surface area contributed by atoms with Crippen molar-refractivity contribution in [3.8, 4) is 0 Å². The summed E-state index contributed by atoms with van der Waals surface area (Å²) < 4.78 is 36.4. The molecule has 2 N–H and O–H groups in total. The Morgan fingerprint density at radius 3 is 2.38 bits per heavy atom. The van der Waals surface area contributed by atoms with E-state index in [0.717, 1.165) is 45.1 Å². The van der Waals surface area contributed by atoms with E-state index in [1.165, 1.54) is 0 Å². The molecular formula is C16H26F3N7. The molecule has 0 amide bonds. The van der Waals surface area contributed by atoms with Gasteiger partial charge in [-0.1, -0.05) is 0 Å². The lowest BCUT2D eigenvalue weighted by atomic mass is 10.3. The van der Waals surface area contributed by atoms with Crippen molar-refractivity contribution in [2.75, 3.05) is 57.8 Å². The van der Waals surface area contributed by atoms with Crippen LogP contribution in [0.3, 0.4) is 0 Å². The van der Waals surface area contributed by atoms with Crippen LogP contribution in [0, 0.1) is 0 Å². The Labute approximate surface area is 151 Å². The molecule has 0 aromatic carbocycles. The first-order valence-corrected chi connectivity index (χ1v) is 8.73. The lowest BCUT2D eigenvalue weighted by molar-refractivity contribution is -0.132. The first-order valence-electron chi connectivity index (χ1n) is 8.73. The minimum atomic E-state index is -4.15. The smallest absolute Gasteiger partial charge is 0.356 e. The van der Waals surface area contributed by atoms with Gasteiger partial charge < -0.3 is 15.5 Å². The van der Waals surface area contributed by atoms with Crippen molar-refractivity contribution in [1.82, 2.24) is 25.5 Å². The van der Waals surface area contributed by atoms with Crippen LogP contribution < -0.4 is 15.5 Å². The number of piperazine rings is 1. The van der Waals surface area contributed by atoms with Gasteiger partial charge in [-0.25, -0.2) is 9.97 Å². The van der Waals surface area contributed by atoms with Gasteiger partial charge in [-0.05, 0) is 19.0 Å². The second kappa shape index (κ2) is 10.1. The number of alkyl halides is 3. The predicted molar refractivity (Wildman–Crippen MR) is 95.3 cm³/mol. The fourth-order valence-corrected chi connectivity index (χ4v) is 2.68. The summed E-state index contributed by atoms with van der Waals surface area (Å²) in [6.07, 6.45) is -0.643. The number of hydrogen-bond donors (Lipinski definition) is 2. The number of hydrogen-bond acceptors (Lipinski definition) is 5. The summed E-state index contributed by atoms with van der Waals surface area (Å²) in [4.78, 5) is 17.0. The summed E-state index contributed by atoms with van der Waals surface area (Å²) >= 11 is 0. The monoisotopic (exact) mass is 373 g/mol. The van der Waals surface area contributed by atoms with Crippen LogP contribution in [-0.4, -0.2) is 79.9 Å². The third-order valence-electron chi connectivity index (χ3n) is 4.08. The van der Waals surface area contributed by atoms with Crippen molar-refractivity contribution < 1.29 is 13.2 Å². The molecule has 2 rings (SSSR count). The van der Waals surface area contributed by atoms with Crippen LogP contribution in [0.5, 0.6) is 0 Å². The molecule has 2 heterocycles. The zero-order chi connectivity index (χ0) is 18.8. The van der Waals surface area contributed by atoms with Crippen molar-refractivity contribution in [3.63, 3.8) is 0 Å². The number of guanidine groups is 1. The predicted octanol–water partition coefficient (Wildman–Crippen LogP) is 1.11. The van der Waals surface area contributed by atoms with Gasteiger partial charge in [0.2, 0.25) is 5.95 Å². The molecular weight excluding hydrogens is 347 g/mol. The standard InChI is InChI=1S/C16H26F3N7/c1-20-14(22-8-4-16(17,18)19)21-7-3-9-25-10-12-26(13-11-25)15-23-5-2-6-24-15/h2,5-6H,3-4,7-13H2,1H3,(H2,20,21,22). The summed E-state index contributed by atoms with van der Waals surface area (Å²) in [5.74, 6) is 1.17. The topological polar surface area (TPSA) is 68.7 Å². The van der Waals surface area contributed by atoms with Crippen LogP contribution in [0.1, 0.15) is 12.8 Å². The van der Waals surface area contributed by atoms with E-state index >= 15 is 0 Å². The van der Waals surface area contributed by atoms with Gasteiger partial charge in [0.25, 0.3) is 0 Å². The Hall–Kier alpha value is -2.10. The van der Waals surface area contributed by atoms with Gasteiger partial charge in [0, 0.05) is 58.7 Å². The van der Waals surface area contributed by atoms with Gasteiger partial charge >= 0.3 is 6.18 Å². The van der Waals surface area contributed by atoms with Crippen LogP contribution in [0.25, 0.3) is 0 Å². The molecule has 0 saturated carbocycles. The summed E-state index contributed by atoms with van der Waals surface area (Å²) in [5, 5.41) is 5.72. The Kier molecular flexibility index (Phi) is 7.89. The van der Waals surface area contributed by atoms with Gasteiger partial charge in [-0.3, -0.25) is 9.89 Å². The van der Waals surface area contributed by atoms with Crippen molar-refractivity contribution in [2.45, 2.75) is 19.0 Å². The van der Waals surface area contributed by atoms with Crippen LogP contribution >= 0.6 is 0 Å². The van der Waals surface area contributed by atoms with E-state index in [0.29, 0.717) is 12.5 Å². The molecule has 1 aliphatic rings. The molecule has 0 radical (unpaired) electrons. The average molecular weight is 373 g/mol. The van der Waals surface area contributed by atoms with Gasteiger partial charge in [0.05, 0.1) is 6.42 Å². The van der Waals surface area contributed by atoms with Crippen molar-refractivity contribution in [3.05, 3.63) is 18.5 Å². The maximum absolute atomic E-state index is 12.1. The van der Waals surface area contributed by atoms with E-state index in [-0.39, 0.29) is 6.54 Å². The number of halogens is 3. The largest absolute Gasteiger partial charge is 0.390 e. The number of aliphatic imine (C=N–C) groups is 1. The normalized spacial score (nSPS) is 16.6. The molecule has 0 spiro atoms. The van der Waals surface area contributed by atoms with Gasteiger partial charge in [0.1, 0.15) is 0 Å². The number of aromatic nitrogens is 2. The maximum atomic E-state index is 12.1. The quantitative estimate of drug-likeness (QED) is 0.424. The van der Waals surface area contributed by atoms with Crippen LogP contribution in [0.15, 0.2) is 23.5 Å². The lowest BCUT2D eigenvalue weighted by Crippen LogP contribution is -2.47. The van der Waals surface area contributed by atoms with E-state index in [1.54, 1.807) is 25.5 Å². The number of rotatable bonds is 7. The van der Waals surface area contributed by atoms with Crippen molar-refractivity contribution >= 4 is 11.9 Å². The Morgan fingerprint density at radius 1 is 1.12 bits per heavy atom. The van der Waals surface area contributed by atoms with Gasteiger partial charge in [-0.2, -0.15) is 13.2 Å². The highest BCUT2D eigenvalue weighted by atomic mass is 19.4. The number of anilines is 1. The van der Waals surface area contributed by atoms with E-state index in [2.05, 4.69) is 35.4 Å². The Bertz CT molecular complexity index is 543. The highest BCUT2D eigenvalue weighted by Gasteiger charge is 2.26. The molecule has 1 aliphatic heterocycles. The molecule has 0 unspecified atom stereocenters. The SMILES string of the molecule is CN=C(NCCCN1CCN(c2ncccn2)CC1)NCCC(F)(F)F. The zero-order valence-corrected chi connectivity index (χ0v) is 15.0. The molecule has 0 atom stereocenters. The van der Waals surface area contributed by atoms with Gasteiger partial charge in [0.15, 0.2) is 5.96 Å². The first kappa shape index (κ1) is 20.2. The second-order valence-electron chi connectivity index (χ2n) is 6.02. The van der Waals surface area contributed by atoms with Crippen LogP contribution in [-0.2, 0) is 0 Å². The van der Waals surface area contributed by atoms with Crippen molar-refractivity contribution in [1.29, 1.82) is 0 Å². The maximum Gasteiger partial charge on any atom is 0.390 e. The summed E-state index contributed by atoms with van der Waals surface area (Å²) in [5.41, 5.74) is 0. The van der Waals surface area contributed by atoms with Crippen LogP contribution in [0.2, 0.25) is 0 Å². The molecule has 7 nitrogen and oxygen atoms in total. The molecule has 1 aromatic heterocycles. The van der Waals surface area contributed by atoms with E-state index < -0.39 is 12.6 Å². The lowest BCUT2D eigenvalue weighted by Gasteiger charge is -2.34. The summed E-state index contributed by atoms with van der Waals surface area (Å²) in [6.45, 7) is 5.07. The van der Waals surface area contributed by atoms with Crippen molar-refractivity contribution in [2.24, 2.45) is 4.99 Å². The first-order chi connectivity index (χ1) is 12.5. The zero-order valence-electron chi connectivity index (χ0n) is 15.0. The molecule has 146 valence electrons. The third-order valence-corrected chi connectivity index (χ3v) is 4.08. The summed E-state index contributed by atoms with van der Waals surface area (Å²) in [7, 11) is 1.55. The Balaban J connectivity index is 1.57. The van der Waals surface area contributed by atoms with Gasteiger partial charge in [-0.15, -0.1) is 0 Å². The fourth-order valence-electron chi connectivity index (χ4n) is 2.68. The summed E-state index contributed by atoms with van der Waals surface area (Å²) in [6, 6.07) is 1.80. The fraction of sp³-hybridized carbons (Fsp3) is 0.688. The molecule has 26 heavy (non-hydrogen) atoms. The highest BCUT2D eigenvalue weighted by molar-refractivity contribution is 5.79. The molecule has 1 aromatic rings. The minimum Gasteiger partial charge on any atom is -0.356 e. The Morgan fingerprint density at radius 2 is 1.77 bits per heavy atom. The van der Waals surface area contributed by atoms with E-state index in [1.807, 2.05) is 0 Å². The second-order valence-corrected chi connectivity index (χ2v) is 6.02. The number of nitrogens with zero attached hydrogens (tertiary/aromatic N) is 5. The molecule has 0 bridgehead atoms. The third kappa shape index (κ3) is 7.42. The number of nitrogens with one attached hydrogen (secondary N) is 2. The highest BCUT2D eigenvalue weighted by Crippen LogP contribution is 2.18.